The second-order valence-corrected chi connectivity index (χ2v) is 8.53. The van der Waals surface area contributed by atoms with E-state index in [9.17, 15) is 13.2 Å². The molecule has 1 N–H and O–H groups in total. The van der Waals surface area contributed by atoms with Gasteiger partial charge in [0.2, 0.25) is 0 Å². The summed E-state index contributed by atoms with van der Waals surface area (Å²) >= 11 is 0. The molecular formula is C20H24N2O3S. The van der Waals surface area contributed by atoms with E-state index >= 15 is 0 Å². The molecule has 2 aromatic carbocycles. The average Bonchev–Trinajstić information content (AvgIpc) is 3.07. The Balaban J connectivity index is 1.81. The van der Waals surface area contributed by atoms with Crippen LogP contribution in [0.25, 0.3) is 0 Å². The maximum atomic E-state index is 12.8. The standard InChI is InChI=1S/C20H24N2O3S/c1-14-12-15(2)19(16(3)13-14)26(24,25)21-18-8-6-17(7-9-18)20(23)22-10-4-5-11-22/h6-9,12-13,21H,4-5,10-11H2,1-3H3. The van der Waals surface area contributed by atoms with Crippen LogP contribution in [0.1, 0.15) is 39.9 Å². The number of rotatable bonds is 4. The Morgan fingerprint density at radius 3 is 2.04 bits per heavy atom. The van der Waals surface area contributed by atoms with E-state index in [1.54, 1.807) is 38.1 Å². The second kappa shape index (κ2) is 7.11. The fraction of sp³-hybridized carbons (Fsp3) is 0.350. The third-order valence-corrected chi connectivity index (χ3v) is 6.34. The highest BCUT2D eigenvalue weighted by Gasteiger charge is 2.21. The van der Waals surface area contributed by atoms with Crippen molar-refractivity contribution in [3.63, 3.8) is 0 Å². The minimum atomic E-state index is -3.69. The first-order valence-corrected chi connectivity index (χ1v) is 10.3. The van der Waals surface area contributed by atoms with Crippen LogP contribution in [0.4, 0.5) is 5.69 Å². The fourth-order valence-electron chi connectivity index (χ4n) is 3.58. The molecule has 0 aliphatic carbocycles. The highest BCUT2D eigenvalue weighted by Crippen LogP contribution is 2.24. The van der Waals surface area contributed by atoms with Crippen molar-refractivity contribution in [2.24, 2.45) is 0 Å². The number of likely N-dealkylation sites (tertiary alicyclic amines) is 1. The smallest absolute Gasteiger partial charge is 0.262 e. The van der Waals surface area contributed by atoms with Crippen LogP contribution in [0.5, 0.6) is 0 Å². The van der Waals surface area contributed by atoms with Crippen molar-refractivity contribution in [3.05, 3.63) is 58.7 Å². The molecule has 1 heterocycles. The summed E-state index contributed by atoms with van der Waals surface area (Å²) in [5, 5.41) is 0. The SMILES string of the molecule is Cc1cc(C)c(S(=O)(=O)Nc2ccc(C(=O)N3CCCC3)cc2)c(C)c1. The lowest BCUT2D eigenvalue weighted by atomic mass is 10.1. The van der Waals surface area contributed by atoms with Crippen LogP contribution in [0.2, 0.25) is 0 Å². The van der Waals surface area contributed by atoms with Crippen molar-refractivity contribution >= 4 is 21.6 Å². The van der Waals surface area contributed by atoms with Crippen molar-refractivity contribution in [2.75, 3.05) is 17.8 Å². The molecule has 0 saturated carbocycles. The summed E-state index contributed by atoms with van der Waals surface area (Å²) in [6.45, 7) is 7.12. The van der Waals surface area contributed by atoms with Gasteiger partial charge in [-0.25, -0.2) is 8.42 Å². The number of carbonyl (C=O) groups is 1. The first kappa shape index (κ1) is 18.5. The molecule has 3 rings (SSSR count). The molecule has 6 heteroatoms. The van der Waals surface area contributed by atoms with E-state index in [1.807, 2.05) is 24.0 Å². The fourth-order valence-corrected chi connectivity index (χ4v) is 5.09. The summed E-state index contributed by atoms with van der Waals surface area (Å²) in [5.74, 6) is 0.00197. The molecular weight excluding hydrogens is 348 g/mol. The number of anilines is 1. The van der Waals surface area contributed by atoms with E-state index < -0.39 is 10.0 Å². The van der Waals surface area contributed by atoms with Gasteiger partial charge in [0.25, 0.3) is 15.9 Å². The lowest BCUT2D eigenvalue weighted by molar-refractivity contribution is 0.0793. The van der Waals surface area contributed by atoms with Crippen LogP contribution in [-0.4, -0.2) is 32.3 Å². The molecule has 2 aromatic rings. The first-order valence-electron chi connectivity index (χ1n) is 8.78. The highest BCUT2D eigenvalue weighted by atomic mass is 32.2. The maximum Gasteiger partial charge on any atom is 0.262 e. The molecule has 0 radical (unpaired) electrons. The predicted octanol–water partition coefficient (Wildman–Crippen LogP) is 3.65. The molecule has 0 bridgehead atoms. The zero-order valence-corrected chi connectivity index (χ0v) is 16.2. The summed E-state index contributed by atoms with van der Waals surface area (Å²) in [6.07, 6.45) is 2.08. The number of amides is 1. The van der Waals surface area contributed by atoms with Gasteiger partial charge in [0.05, 0.1) is 4.90 Å². The normalized spacial score (nSPS) is 14.5. The van der Waals surface area contributed by atoms with Gasteiger partial charge in [-0.15, -0.1) is 0 Å². The van der Waals surface area contributed by atoms with Gasteiger partial charge in [-0.05, 0) is 69.0 Å². The minimum Gasteiger partial charge on any atom is -0.339 e. The summed E-state index contributed by atoms with van der Waals surface area (Å²) in [4.78, 5) is 14.5. The van der Waals surface area contributed by atoms with Gasteiger partial charge in [-0.2, -0.15) is 0 Å². The number of nitrogens with one attached hydrogen (secondary N) is 1. The Labute approximate surface area is 155 Å². The predicted molar refractivity (Wildman–Crippen MR) is 103 cm³/mol. The van der Waals surface area contributed by atoms with E-state index in [0.717, 1.165) is 42.6 Å². The Bertz CT molecular complexity index is 905. The van der Waals surface area contributed by atoms with E-state index in [1.165, 1.54) is 0 Å². The number of nitrogens with zero attached hydrogens (tertiary/aromatic N) is 1. The average molecular weight is 372 g/mol. The molecule has 5 nitrogen and oxygen atoms in total. The molecule has 138 valence electrons. The monoisotopic (exact) mass is 372 g/mol. The molecule has 26 heavy (non-hydrogen) atoms. The van der Waals surface area contributed by atoms with Crippen LogP contribution in [0, 0.1) is 20.8 Å². The third-order valence-electron chi connectivity index (χ3n) is 4.65. The molecule has 1 saturated heterocycles. The van der Waals surface area contributed by atoms with E-state index in [0.29, 0.717) is 16.1 Å². The Morgan fingerprint density at radius 2 is 1.50 bits per heavy atom. The summed E-state index contributed by atoms with van der Waals surface area (Å²) < 4.78 is 28.2. The van der Waals surface area contributed by atoms with Crippen molar-refractivity contribution in [2.45, 2.75) is 38.5 Å². The molecule has 1 aliphatic heterocycles. The van der Waals surface area contributed by atoms with E-state index in [2.05, 4.69) is 4.72 Å². The van der Waals surface area contributed by atoms with Gasteiger partial charge in [-0.1, -0.05) is 17.7 Å². The van der Waals surface area contributed by atoms with Gasteiger partial charge in [0.15, 0.2) is 0 Å². The number of aryl methyl sites for hydroxylation is 3. The maximum absolute atomic E-state index is 12.8. The zero-order valence-electron chi connectivity index (χ0n) is 15.4. The lowest BCUT2D eigenvalue weighted by Crippen LogP contribution is -2.27. The van der Waals surface area contributed by atoms with Crippen LogP contribution in [0.15, 0.2) is 41.3 Å². The lowest BCUT2D eigenvalue weighted by Gasteiger charge is -2.16. The van der Waals surface area contributed by atoms with Crippen LogP contribution in [-0.2, 0) is 10.0 Å². The summed E-state index contributed by atoms with van der Waals surface area (Å²) in [6, 6.07) is 10.3. The topological polar surface area (TPSA) is 66.5 Å². The summed E-state index contributed by atoms with van der Waals surface area (Å²) in [7, 11) is -3.69. The molecule has 1 aliphatic rings. The van der Waals surface area contributed by atoms with Gasteiger partial charge in [0, 0.05) is 24.3 Å². The highest BCUT2D eigenvalue weighted by molar-refractivity contribution is 7.92. The minimum absolute atomic E-state index is 0.00197. The Morgan fingerprint density at radius 1 is 0.962 bits per heavy atom. The van der Waals surface area contributed by atoms with Crippen molar-refractivity contribution in [1.29, 1.82) is 0 Å². The van der Waals surface area contributed by atoms with E-state index in [4.69, 9.17) is 0 Å². The van der Waals surface area contributed by atoms with Crippen molar-refractivity contribution in [3.8, 4) is 0 Å². The van der Waals surface area contributed by atoms with Crippen molar-refractivity contribution in [1.82, 2.24) is 4.90 Å². The van der Waals surface area contributed by atoms with Gasteiger partial charge in [0.1, 0.15) is 0 Å². The number of benzene rings is 2. The molecule has 0 aromatic heterocycles. The third kappa shape index (κ3) is 3.75. The number of hydrogen-bond acceptors (Lipinski definition) is 3. The largest absolute Gasteiger partial charge is 0.339 e. The molecule has 0 atom stereocenters. The summed E-state index contributed by atoms with van der Waals surface area (Å²) in [5.41, 5.74) is 3.50. The first-order chi connectivity index (χ1) is 12.3. The number of carbonyl (C=O) groups excluding carboxylic acids is 1. The molecule has 1 amide bonds. The van der Waals surface area contributed by atoms with Gasteiger partial charge < -0.3 is 4.90 Å². The van der Waals surface area contributed by atoms with Gasteiger partial charge >= 0.3 is 0 Å². The second-order valence-electron chi connectivity index (χ2n) is 6.91. The van der Waals surface area contributed by atoms with Gasteiger partial charge in [-0.3, -0.25) is 9.52 Å². The molecule has 0 spiro atoms. The Hall–Kier alpha value is -2.34. The van der Waals surface area contributed by atoms with Crippen LogP contribution >= 0.6 is 0 Å². The molecule has 1 fully saturated rings. The Kier molecular flexibility index (Phi) is 5.05. The zero-order chi connectivity index (χ0) is 18.9. The van der Waals surface area contributed by atoms with E-state index in [-0.39, 0.29) is 5.91 Å². The quantitative estimate of drug-likeness (QED) is 0.891. The van der Waals surface area contributed by atoms with Crippen LogP contribution < -0.4 is 4.72 Å². The van der Waals surface area contributed by atoms with Crippen LogP contribution in [0.3, 0.4) is 0 Å². The van der Waals surface area contributed by atoms with Crippen molar-refractivity contribution < 1.29 is 13.2 Å². The molecule has 0 unspecified atom stereocenters. The number of hydrogen-bond donors (Lipinski definition) is 1. The number of sulfonamides is 1.